The Morgan fingerprint density at radius 3 is 2.17 bits per heavy atom. The van der Waals surface area contributed by atoms with Gasteiger partial charge in [0.1, 0.15) is 6.17 Å². The Hall–Kier alpha value is -0.110. The maximum Gasteiger partial charge on any atom is 0.105 e. The molecule has 74 valence electrons. The molecule has 0 aromatic carbocycles. The van der Waals surface area contributed by atoms with Crippen LogP contribution in [0.5, 0.6) is 0 Å². The Morgan fingerprint density at radius 2 is 1.75 bits per heavy atom. The fourth-order valence-corrected chi connectivity index (χ4v) is 1.08. The molecule has 0 rings (SSSR count). The van der Waals surface area contributed by atoms with Gasteiger partial charge in [0.05, 0.1) is 0 Å². The summed E-state index contributed by atoms with van der Waals surface area (Å²) in [4.78, 5) is 0. The van der Waals surface area contributed by atoms with Crippen molar-refractivity contribution in [1.82, 2.24) is 0 Å². The highest BCUT2D eigenvalue weighted by molar-refractivity contribution is 4.72. The molecule has 0 aliphatic heterocycles. The average molecular weight is 175 g/mol. The van der Waals surface area contributed by atoms with E-state index in [1.165, 1.54) is 0 Å². The van der Waals surface area contributed by atoms with Gasteiger partial charge in [0.2, 0.25) is 0 Å². The van der Waals surface area contributed by atoms with Crippen LogP contribution >= 0.6 is 0 Å². The molecule has 0 aromatic heterocycles. The Bertz CT molecular complexity index is 107. The van der Waals surface area contributed by atoms with E-state index in [1.807, 2.05) is 20.8 Å². The van der Waals surface area contributed by atoms with Gasteiger partial charge >= 0.3 is 0 Å². The molecule has 0 spiro atoms. The monoisotopic (exact) mass is 175 g/mol. The van der Waals surface area contributed by atoms with Gasteiger partial charge in [-0.15, -0.1) is 0 Å². The highest BCUT2D eigenvalue weighted by atomic mass is 19.1. The molecule has 0 bridgehead atoms. The molecule has 0 aliphatic rings. The maximum absolute atomic E-state index is 13.3. The predicted octanol–water partition coefficient (Wildman–Crippen LogP) is 2.89. The predicted molar refractivity (Wildman–Crippen MR) is 51.9 cm³/mol. The lowest BCUT2D eigenvalue weighted by Gasteiger charge is -2.23. The van der Waals surface area contributed by atoms with Crippen LogP contribution in [0.15, 0.2) is 0 Å². The number of hydrogen-bond donors (Lipinski definition) is 1. The minimum atomic E-state index is -0.671. The Balaban J connectivity index is 3.38. The maximum atomic E-state index is 13.3. The van der Waals surface area contributed by atoms with Gasteiger partial charge in [-0.3, -0.25) is 0 Å². The molecule has 1 atom stereocenters. The van der Waals surface area contributed by atoms with Gasteiger partial charge in [-0.1, -0.05) is 33.6 Å². The Kier molecular flexibility index (Phi) is 5.47. The molecule has 1 nitrogen and oxygen atoms in total. The normalized spacial score (nSPS) is 14.8. The van der Waals surface area contributed by atoms with Crippen LogP contribution in [-0.4, -0.2) is 12.7 Å². The van der Waals surface area contributed by atoms with Crippen LogP contribution in [-0.2, 0) is 0 Å². The summed E-state index contributed by atoms with van der Waals surface area (Å²) in [5, 5.41) is 0. The van der Waals surface area contributed by atoms with Gasteiger partial charge in [0, 0.05) is 0 Å². The van der Waals surface area contributed by atoms with Gasteiger partial charge in [-0.05, 0) is 24.8 Å². The third-order valence-corrected chi connectivity index (χ3v) is 2.10. The fourth-order valence-electron chi connectivity index (χ4n) is 1.08. The summed E-state index contributed by atoms with van der Waals surface area (Å²) in [6.07, 6.45) is 3.07. The van der Waals surface area contributed by atoms with Crippen LogP contribution in [0.25, 0.3) is 0 Å². The lowest BCUT2D eigenvalue weighted by Crippen LogP contribution is -2.21. The van der Waals surface area contributed by atoms with Crippen molar-refractivity contribution in [3.05, 3.63) is 0 Å². The van der Waals surface area contributed by atoms with E-state index in [9.17, 15) is 4.39 Å². The van der Waals surface area contributed by atoms with E-state index in [-0.39, 0.29) is 5.41 Å². The van der Waals surface area contributed by atoms with Crippen molar-refractivity contribution in [2.24, 2.45) is 11.1 Å². The molecule has 0 fully saturated rings. The van der Waals surface area contributed by atoms with E-state index in [2.05, 4.69) is 0 Å². The number of halogens is 1. The summed E-state index contributed by atoms with van der Waals surface area (Å²) in [6.45, 7) is 6.56. The topological polar surface area (TPSA) is 26.0 Å². The number of nitrogens with two attached hydrogens (primary N) is 1. The zero-order valence-electron chi connectivity index (χ0n) is 8.57. The van der Waals surface area contributed by atoms with E-state index in [4.69, 9.17) is 5.73 Å². The molecule has 0 radical (unpaired) electrons. The van der Waals surface area contributed by atoms with E-state index in [1.54, 1.807) is 0 Å². The molecule has 0 heterocycles. The molecule has 0 saturated heterocycles. The standard InChI is InChI=1S/C10H22FN/c1-10(2,3)9(11)7-5-4-6-8-12/h9H,4-8,12H2,1-3H3. The number of alkyl halides is 1. The molecular weight excluding hydrogens is 153 g/mol. The van der Waals surface area contributed by atoms with Crippen molar-refractivity contribution in [2.75, 3.05) is 6.54 Å². The molecular formula is C10H22FN. The van der Waals surface area contributed by atoms with Gasteiger partial charge in [-0.25, -0.2) is 4.39 Å². The zero-order chi connectivity index (χ0) is 9.61. The first kappa shape index (κ1) is 11.9. The van der Waals surface area contributed by atoms with Crippen molar-refractivity contribution in [3.63, 3.8) is 0 Å². The van der Waals surface area contributed by atoms with Gasteiger partial charge in [-0.2, -0.15) is 0 Å². The molecule has 2 N–H and O–H groups in total. The first-order chi connectivity index (χ1) is 5.48. The Morgan fingerprint density at radius 1 is 1.17 bits per heavy atom. The Labute approximate surface area is 75.5 Å². The summed E-state index contributed by atoms with van der Waals surface area (Å²) in [7, 11) is 0. The molecule has 0 aliphatic carbocycles. The van der Waals surface area contributed by atoms with Crippen molar-refractivity contribution in [3.8, 4) is 0 Å². The molecule has 1 unspecified atom stereocenters. The summed E-state index contributed by atoms with van der Waals surface area (Å²) in [6, 6.07) is 0. The van der Waals surface area contributed by atoms with E-state index >= 15 is 0 Å². The zero-order valence-corrected chi connectivity index (χ0v) is 8.57. The largest absolute Gasteiger partial charge is 0.330 e. The summed E-state index contributed by atoms with van der Waals surface area (Å²) in [5.41, 5.74) is 5.15. The number of unbranched alkanes of at least 4 members (excludes halogenated alkanes) is 2. The minimum Gasteiger partial charge on any atom is -0.330 e. The number of hydrogen-bond acceptors (Lipinski definition) is 1. The van der Waals surface area contributed by atoms with Crippen LogP contribution in [0, 0.1) is 5.41 Å². The van der Waals surface area contributed by atoms with E-state index in [0.29, 0.717) is 6.42 Å². The molecule has 0 saturated carbocycles. The quantitative estimate of drug-likeness (QED) is 0.639. The van der Waals surface area contributed by atoms with Crippen LogP contribution in [0.3, 0.4) is 0 Å². The summed E-state index contributed by atoms with van der Waals surface area (Å²) < 4.78 is 13.3. The average Bonchev–Trinajstić information content (AvgIpc) is 1.96. The van der Waals surface area contributed by atoms with Crippen molar-refractivity contribution in [2.45, 2.75) is 52.6 Å². The third kappa shape index (κ3) is 5.53. The van der Waals surface area contributed by atoms with Gasteiger partial charge in [0.25, 0.3) is 0 Å². The van der Waals surface area contributed by atoms with Crippen LogP contribution in [0.4, 0.5) is 4.39 Å². The second-order valence-corrected chi connectivity index (χ2v) is 4.47. The van der Waals surface area contributed by atoms with Crippen molar-refractivity contribution < 1.29 is 4.39 Å². The fraction of sp³-hybridized carbons (Fsp3) is 1.00. The van der Waals surface area contributed by atoms with E-state index in [0.717, 1.165) is 25.8 Å². The molecule has 0 aromatic rings. The van der Waals surface area contributed by atoms with Gasteiger partial charge < -0.3 is 5.73 Å². The number of rotatable bonds is 5. The summed E-state index contributed by atoms with van der Waals surface area (Å²) >= 11 is 0. The van der Waals surface area contributed by atoms with E-state index < -0.39 is 6.17 Å². The highest BCUT2D eigenvalue weighted by Gasteiger charge is 2.22. The lowest BCUT2D eigenvalue weighted by molar-refractivity contribution is 0.148. The summed E-state index contributed by atoms with van der Waals surface area (Å²) in [5.74, 6) is 0. The second kappa shape index (κ2) is 5.52. The molecule has 12 heavy (non-hydrogen) atoms. The smallest absolute Gasteiger partial charge is 0.105 e. The van der Waals surface area contributed by atoms with Crippen LogP contribution in [0.1, 0.15) is 46.5 Å². The lowest BCUT2D eigenvalue weighted by atomic mass is 9.87. The first-order valence-electron chi connectivity index (χ1n) is 4.82. The van der Waals surface area contributed by atoms with Crippen molar-refractivity contribution >= 4 is 0 Å². The SMILES string of the molecule is CC(C)(C)C(F)CCCCCN. The highest BCUT2D eigenvalue weighted by Crippen LogP contribution is 2.26. The second-order valence-electron chi connectivity index (χ2n) is 4.47. The third-order valence-electron chi connectivity index (χ3n) is 2.10. The minimum absolute atomic E-state index is 0.192. The van der Waals surface area contributed by atoms with Crippen molar-refractivity contribution in [1.29, 1.82) is 0 Å². The first-order valence-corrected chi connectivity index (χ1v) is 4.82. The van der Waals surface area contributed by atoms with Crippen LogP contribution < -0.4 is 5.73 Å². The molecule has 0 amide bonds. The molecule has 2 heteroatoms. The van der Waals surface area contributed by atoms with Crippen LogP contribution in [0.2, 0.25) is 0 Å². The van der Waals surface area contributed by atoms with Gasteiger partial charge in [0.15, 0.2) is 0 Å².